The normalized spacial score (nSPS) is 19.7. The van der Waals surface area contributed by atoms with Gasteiger partial charge in [0.2, 0.25) is 0 Å². The Hall–Kier alpha value is -2.33. The maximum absolute atomic E-state index is 12.8. The number of hydrogen-bond acceptors (Lipinski definition) is 3. The van der Waals surface area contributed by atoms with E-state index in [1.165, 1.54) is 21.8 Å². The molecule has 1 aliphatic heterocycles. The lowest BCUT2D eigenvalue weighted by Crippen LogP contribution is -2.32. The number of nitrogens with zero attached hydrogens (tertiary/aromatic N) is 1. The summed E-state index contributed by atoms with van der Waals surface area (Å²) >= 11 is 0. The molecule has 0 radical (unpaired) electrons. The highest BCUT2D eigenvalue weighted by Crippen LogP contribution is 2.38. The highest BCUT2D eigenvalue weighted by Gasteiger charge is 2.37. The van der Waals surface area contributed by atoms with Crippen molar-refractivity contribution in [1.29, 1.82) is 0 Å². The third-order valence-corrected chi connectivity index (χ3v) is 5.88. The van der Waals surface area contributed by atoms with Gasteiger partial charge in [0.15, 0.2) is 0 Å². The Morgan fingerprint density at radius 1 is 1.19 bits per heavy atom. The van der Waals surface area contributed by atoms with Crippen LogP contribution < -0.4 is 0 Å². The molecule has 142 valence electrons. The van der Waals surface area contributed by atoms with Crippen LogP contribution in [0.25, 0.3) is 21.8 Å². The van der Waals surface area contributed by atoms with E-state index in [-0.39, 0.29) is 18.1 Å². The average Bonchev–Trinajstić information content (AvgIpc) is 3.46. The number of fused-ring (bicyclic) bond motifs is 3. The Balaban J connectivity index is 1.66. The Morgan fingerprint density at radius 3 is 2.26 bits per heavy atom. The Kier molecular flexibility index (Phi) is 4.68. The fourth-order valence-corrected chi connectivity index (χ4v) is 4.05. The van der Waals surface area contributed by atoms with Crippen molar-refractivity contribution in [2.45, 2.75) is 45.8 Å². The van der Waals surface area contributed by atoms with Crippen molar-refractivity contribution >= 4 is 27.8 Å². The molecule has 3 aromatic rings. The van der Waals surface area contributed by atoms with Crippen molar-refractivity contribution in [2.24, 2.45) is 5.41 Å². The van der Waals surface area contributed by atoms with E-state index >= 15 is 0 Å². The summed E-state index contributed by atoms with van der Waals surface area (Å²) in [5.41, 5.74) is 1.91. The molecule has 1 saturated heterocycles. The number of aromatic nitrogens is 1. The molecular weight excluding hydrogens is 338 g/mol. The van der Waals surface area contributed by atoms with Crippen molar-refractivity contribution in [3.8, 4) is 0 Å². The van der Waals surface area contributed by atoms with Crippen molar-refractivity contribution in [2.75, 3.05) is 13.2 Å². The van der Waals surface area contributed by atoms with Gasteiger partial charge in [0, 0.05) is 27.8 Å². The fraction of sp³-hybridized carbons (Fsp3) is 0.435. The lowest BCUT2D eigenvalue weighted by molar-refractivity contribution is -0.156. The zero-order valence-electron chi connectivity index (χ0n) is 16.3. The number of carbonyl (C=O) groups excluding carboxylic acids is 1. The third kappa shape index (κ3) is 3.34. The molecule has 1 aliphatic rings. The lowest BCUT2D eigenvalue weighted by Gasteiger charge is -2.30. The summed E-state index contributed by atoms with van der Waals surface area (Å²) in [6, 6.07) is 17.2. The molecule has 4 nitrogen and oxygen atoms in total. The second-order valence-corrected chi connectivity index (χ2v) is 7.93. The van der Waals surface area contributed by atoms with Crippen LogP contribution in [0.5, 0.6) is 0 Å². The molecule has 0 N–H and O–H groups in total. The standard InChI is InChI=1S/C23H27NO3/c1-4-23(3,22(25)27-15-17-14-26-17)13-16(2)24-20-11-7-5-9-18(20)19-10-6-8-12-21(19)24/h5-12,16-17H,4,13-15H2,1-3H3. The van der Waals surface area contributed by atoms with Crippen LogP contribution in [-0.4, -0.2) is 29.9 Å². The van der Waals surface area contributed by atoms with Crippen LogP contribution in [-0.2, 0) is 14.3 Å². The second kappa shape index (κ2) is 7.01. The molecule has 27 heavy (non-hydrogen) atoms. The van der Waals surface area contributed by atoms with Crippen molar-refractivity contribution in [1.82, 2.24) is 4.57 Å². The molecule has 4 rings (SSSR count). The van der Waals surface area contributed by atoms with Crippen LogP contribution in [0.4, 0.5) is 0 Å². The van der Waals surface area contributed by atoms with E-state index in [2.05, 4.69) is 66.9 Å². The number of rotatable bonds is 7. The van der Waals surface area contributed by atoms with Gasteiger partial charge in [-0.2, -0.15) is 0 Å². The lowest BCUT2D eigenvalue weighted by atomic mass is 9.81. The summed E-state index contributed by atoms with van der Waals surface area (Å²) in [6.07, 6.45) is 1.58. The first-order valence-corrected chi connectivity index (χ1v) is 9.80. The largest absolute Gasteiger partial charge is 0.462 e. The van der Waals surface area contributed by atoms with E-state index in [0.717, 1.165) is 12.8 Å². The molecular formula is C23H27NO3. The number of ether oxygens (including phenoxy) is 2. The minimum atomic E-state index is -0.513. The Labute approximate surface area is 160 Å². The predicted octanol–water partition coefficient (Wildman–Crippen LogP) is 5.10. The first-order chi connectivity index (χ1) is 13.0. The van der Waals surface area contributed by atoms with Crippen molar-refractivity contribution < 1.29 is 14.3 Å². The predicted molar refractivity (Wildman–Crippen MR) is 108 cm³/mol. The number of esters is 1. The van der Waals surface area contributed by atoms with Crippen molar-refractivity contribution in [3.05, 3.63) is 48.5 Å². The molecule has 0 aliphatic carbocycles. The van der Waals surface area contributed by atoms with E-state index in [1.807, 2.05) is 6.92 Å². The molecule has 0 amide bonds. The van der Waals surface area contributed by atoms with Crippen LogP contribution in [0, 0.1) is 5.41 Å². The van der Waals surface area contributed by atoms with Crippen LogP contribution >= 0.6 is 0 Å². The maximum Gasteiger partial charge on any atom is 0.311 e. The van der Waals surface area contributed by atoms with Gasteiger partial charge in [-0.15, -0.1) is 0 Å². The zero-order valence-corrected chi connectivity index (χ0v) is 16.3. The van der Waals surface area contributed by atoms with Crippen LogP contribution in [0.1, 0.15) is 39.7 Å². The highest BCUT2D eigenvalue weighted by atomic mass is 16.6. The van der Waals surface area contributed by atoms with Crippen LogP contribution in [0.15, 0.2) is 48.5 Å². The minimum Gasteiger partial charge on any atom is -0.462 e. The van der Waals surface area contributed by atoms with Gasteiger partial charge in [0.1, 0.15) is 12.7 Å². The van der Waals surface area contributed by atoms with Gasteiger partial charge < -0.3 is 14.0 Å². The molecule has 3 atom stereocenters. The van der Waals surface area contributed by atoms with Gasteiger partial charge in [-0.3, -0.25) is 4.79 Å². The number of benzene rings is 2. The highest BCUT2D eigenvalue weighted by molar-refractivity contribution is 6.08. The number of para-hydroxylation sites is 2. The van der Waals surface area contributed by atoms with E-state index in [0.29, 0.717) is 13.2 Å². The van der Waals surface area contributed by atoms with E-state index in [1.54, 1.807) is 0 Å². The minimum absolute atomic E-state index is 0.102. The van der Waals surface area contributed by atoms with Crippen LogP contribution in [0.3, 0.4) is 0 Å². The molecule has 1 fully saturated rings. The number of epoxide rings is 1. The topological polar surface area (TPSA) is 43.8 Å². The molecule has 2 aromatic carbocycles. The van der Waals surface area contributed by atoms with E-state index < -0.39 is 5.41 Å². The molecule has 3 unspecified atom stereocenters. The molecule has 0 spiro atoms. The summed E-state index contributed by atoms with van der Waals surface area (Å²) in [5.74, 6) is -0.117. The Bertz CT molecular complexity index is 919. The van der Waals surface area contributed by atoms with Crippen LogP contribution in [0.2, 0.25) is 0 Å². The summed E-state index contributed by atoms with van der Waals surface area (Å²) in [6.45, 7) is 7.36. The van der Waals surface area contributed by atoms with Crippen molar-refractivity contribution in [3.63, 3.8) is 0 Å². The zero-order chi connectivity index (χ0) is 19.0. The second-order valence-electron chi connectivity index (χ2n) is 7.93. The first-order valence-electron chi connectivity index (χ1n) is 9.80. The monoisotopic (exact) mass is 365 g/mol. The summed E-state index contributed by atoms with van der Waals surface area (Å²) in [7, 11) is 0. The summed E-state index contributed by atoms with van der Waals surface area (Å²) in [4.78, 5) is 12.8. The third-order valence-electron chi connectivity index (χ3n) is 5.88. The Morgan fingerprint density at radius 2 is 1.74 bits per heavy atom. The summed E-state index contributed by atoms with van der Waals surface area (Å²) < 4.78 is 13.1. The molecule has 0 saturated carbocycles. The van der Waals surface area contributed by atoms with E-state index in [9.17, 15) is 4.79 Å². The van der Waals surface area contributed by atoms with Gasteiger partial charge in [0.25, 0.3) is 0 Å². The van der Waals surface area contributed by atoms with Gasteiger partial charge >= 0.3 is 5.97 Å². The van der Waals surface area contributed by atoms with Gasteiger partial charge in [-0.05, 0) is 38.8 Å². The molecule has 0 bridgehead atoms. The average molecular weight is 365 g/mol. The van der Waals surface area contributed by atoms with E-state index in [4.69, 9.17) is 9.47 Å². The summed E-state index contributed by atoms with van der Waals surface area (Å²) in [5, 5.41) is 2.51. The number of hydrogen-bond donors (Lipinski definition) is 0. The number of carbonyl (C=O) groups is 1. The molecule has 2 heterocycles. The first kappa shape index (κ1) is 18.1. The SMILES string of the molecule is CCC(C)(CC(C)n1c2ccccc2c2ccccc21)C(=O)OCC1CO1. The van der Waals surface area contributed by atoms with Gasteiger partial charge in [0.05, 0.1) is 12.0 Å². The van der Waals surface area contributed by atoms with Gasteiger partial charge in [-0.25, -0.2) is 0 Å². The maximum atomic E-state index is 12.8. The fourth-order valence-electron chi connectivity index (χ4n) is 4.05. The smallest absolute Gasteiger partial charge is 0.311 e. The van der Waals surface area contributed by atoms with Gasteiger partial charge in [-0.1, -0.05) is 43.3 Å². The quantitative estimate of drug-likeness (QED) is 0.432. The molecule has 1 aromatic heterocycles. The molecule has 4 heteroatoms.